The number of rotatable bonds is 6. The highest BCUT2D eigenvalue weighted by molar-refractivity contribution is 6.36. The average molecular weight is 482 g/mol. The number of nitrogens with one attached hydrogen (secondary N) is 1. The minimum absolute atomic E-state index is 0.0664. The summed E-state index contributed by atoms with van der Waals surface area (Å²) in [4.78, 5) is 29.7. The van der Waals surface area contributed by atoms with Crippen molar-refractivity contribution in [3.63, 3.8) is 0 Å². The molecular weight excluding hydrogens is 449 g/mol. The third-order valence-electron chi connectivity index (χ3n) is 6.98. The molecule has 1 aromatic carbocycles. The predicted molar refractivity (Wildman–Crippen MR) is 127 cm³/mol. The maximum atomic E-state index is 12.9. The van der Waals surface area contributed by atoms with Crippen LogP contribution in [0.2, 0.25) is 10.0 Å². The summed E-state index contributed by atoms with van der Waals surface area (Å²) in [7, 11) is 0. The lowest BCUT2D eigenvalue weighted by Crippen LogP contribution is -2.54. The number of piperazine rings is 1. The number of benzene rings is 1. The smallest absolute Gasteiger partial charge is 0.226 e. The molecular formula is C24H33Cl2N3O3. The number of nitrogens with zero attached hydrogens (tertiary/aromatic N) is 2. The van der Waals surface area contributed by atoms with E-state index in [0.29, 0.717) is 41.2 Å². The summed E-state index contributed by atoms with van der Waals surface area (Å²) >= 11 is 13.0. The highest BCUT2D eigenvalue weighted by Crippen LogP contribution is 2.33. The highest BCUT2D eigenvalue weighted by atomic mass is 35.5. The average Bonchev–Trinajstić information content (AvgIpc) is 3.45. The number of halogens is 2. The molecule has 1 aliphatic carbocycles. The number of amides is 2. The molecule has 0 radical (unpaired) electrons. The molecule has 176 valence electrons. The molecule has 32 heavy (non-hydrogen) atoms. The van der Waals surface area contributed by atoms with Gasteiger partial charge in [-0.15, -0.1) is 0 Å². The van der Waals surface area contributed by atoms with Gasteiger partial charge in [0.25, 0.3) is 0 Å². The Labute approximate surface area is 200 Å². The number of carbonyl (C=O) groups is 2. The van der Waals surface area contributed by atoms with Crippen molar-refractivity contribution >= 4 is 40.7 Å². The third kappa shape index (κ3) is 5.77. The van der Waals surface area contributed by atoms with Crippen molar-refractivity contribution in [2.75, 3.05) is 38.2 Å². The van der Waals surface area contributed by atoms with Crippen LogP contribution in [0.25, 0.3) is 0 Å². The molecule has 3 fully saturated rings. The van der Waals surface area contributed by atoms with E-state index < -0.39 is 0 Å². The van der Waals surface area contributed by atoms with E-state index in [4.69, 9.17) is 27.9 Å². The van der Waals surface area contributed by atoms with Gasteiger partial charge in [0.2, 0.25) is 11.8 Å². The lowest BCUT2D eigenvalue weighted by Gasteiger charge is -2.41. The quantitative estimate of drug-likeness (QED) is 0.645. The number of hydrogen-bond donors (Lipinski definition) is 1. The molecule has 8 heteroatoms. The topological polar surface area (TPSA) is 61.9 Å². The van der Waals surface area contributed by atoms with Crippen LogP contribution in [0.15, 0.2) is 12.1 Å². The number of ether oxygens (including phenoxy) is 1. The van der Waals surface area contributed by atoms with Crippen LogP contribution in [-0.4, -0.2) is 60.5 Å². The first-order chi connectivity index (χ1) is 15.4. The van der Waals surface area contributed by atoms with Crippen LogP contribution in [-0.2, 0) is 20.9 Å². The fraction of sp³-hybridized carbons (Fsp3) is 0.667. The van der Waals surface area contributed by atoms with Gasteiger partial charge in [0.1, 0.15) is 0 Å². The molecule has 0 aromatic heterocycles. The van der Waals surface area contributed by atoms with Crippen LogP contribution >= 0.6 is 23.2 Å². The summed E-state index contributed by atoms with van der Waals surface area (Å²) in [5, 5.41) is 4.01. The van der Waals surface area contributed by atoms with Gasteiger partial charge in [0.15, 0.2) is 0 Å². The first kappa shape index (κ1) is 23.8. The zero-order chi connectivity index (χ0) is 22.7. The van der Waals surface area contributed by atoms with E-state index >= 15 is 0 Å². The lowest BCUT2D eigenvalue weighted by atomic mass is 10.0. The highest BCUT2D eigenvalue weighted by Gasteiger charge is 2.33. The second kappa shape index (κ2) is 10.7. The standard InChI is InChI=1S/C24H33Cl2N3O3/c1-16-13-28(7-8-29(16)24(31)18-4-2-3-5-18)14-19-11-20(25)12-21(23(19)26)27-22(30)10-17-6-9-32-15-17/h11-12,16-18H,2-10,13-15H2,1H3,(H,27,30)/t16-,17?/m0/s1. The molecule has 2 heterocycles. The Morgan fingerprint density at radius 2 is 1.94 bits per heavy atom. The zero-order valence-corrected chi connectivity index (χ0v) is 20.3. The maximum absolute atomic E-state index is 12.9. The van der Waals surface area contributed by atoms with E-state index in [1.54, 1.807) is 6.07 Å². The molecule has 1 aromatic rings. The summed E-state index contributed by atoms with van der Waals surface area (Å²) in [6, 6.07) is 3.74. The molecule has 1 unspecified atom stereocenters. The molecule has 2 saturated heterocycles. The van der Waals surface area contributed by atoms with Crippen LogP contribution in [0.3, 0.4) is 0 Å². The fourth-order valence-electron chi connectivity index (χ4n) is 5.21. The van der Waals surface area contributed by atoms with E-state index in [9.17, 15) is 9.59 Å². The van der Waals surface area contributed by atoms with E-state index in [1.807, 2.05) is 6.07 Å². The van der Waals surface area contributed by atoms with Gasteiger partial charge in [-0.05, 0) is 49.8 Å². The maximum Gasteiger partial charge on any atom is 0.226 e. The van der Waals surface area contributed by atoms with E-state index in [0.717, 1.165) is 51.1 Å². The van der Waals surface area contributed by atoms with E-state index in [2.05, 4.69) is 22.0 Å². The number of hydrogen-bond acceptors (Lipinski definition) is 4. The molecule has 1 saturated carbocycles. The Kier molecular flexibility index (Phi) is 7.98. The normalized spacial score (nSPS) is 24.8. The van der Waals surface area contributed by atoms with Crippen LogP contribution in [0.5, 0.6) is 0 Å². The van der Waals surface area contributed by atoms with Crippen molar-refractivity contribution in [2.45, 2.75) is 58.0 Å². The summed E-state index contributed by atoms with van der Waals surface area (Å²) < 4.78 is 5.36. The molecule has 0 bridgehead atoms. The first-order valence-corrected chi connectivity index (χ1v) is 12.5. The van der Waals surface area contributed by atoms with Crippen molar-refractivity contribution in [3.8, 4) is 0 Å². The minimum Gasteiger partial charge on any atom is -0.381 e. The SMILES string of the molecule is C[C@H]1CN(Cc2cc(Cl)cc(NC(=O)CC3CCOC3)c2Cl)CCN1C(=O)C1CCCC1. The molecule has 0 spiro atoms. The Bertz CT molecular complexity index is 838. The molecule has 1 N–H and O–H groups in total. The van der Waals surface area contributed by atoms with Crippen molar-refractivity contribution < 1.29 is 14.3 Å². The minimum atomic E-state index is -0.0664. The largest absolute Gasteiger partial charge is 0.381 e. The van der Waals surface area contributed by atoms with Crippen LogP contribution < -0.4 is 5.32 Å². The fourth-order valence-corrected chi connectivity index (χ4v) is 5.67. The second-order valence-electron chi connectivity index (χ2n) is 9.51. The summed E-state index contributed by atoms with van der Waals surface area (Å²) in [5.74, 6) is 0.738. The molecule has 3 aliphatic rings. The molecule has 2 amide bonds. The zero-order valence-electron chi connectivity index (χ0n) is 18.7. The summed E-state index contributed by atoms with van der Waals surface area (Å²) in [6.45, 7) is 6.44. The number of anilines is 1. The van der Waals surface area contributed by atoms with Gasteiger partial charge in [-0.1, -0.05) is 36.0 Å². The molecule has 2 atom stereocenters. The Morgan fingerprint density at radius 3 is 2.62 bits per heavy atom. The van der Waals surface area contributed by atoms with Gasteiger partial charge in [-0.2, -0.15) is 0 Å². The van der Waals surface area contributed by atoms with Crippen LogP contribution in [0.1, 0.15) is 51.0 Å². The predicted octanol–water partition coefficient (Wildman–Crippen LogP) is 4.58. The monoisotopic (exact) mass is 481 g/mol. The van der Waals surface area contributed by atoms with E-state index in [1.165, 1.54) is 12.8 Å². The van der Waals surface area contributed by atoms with Crippen molar-refractivity contribution in [3.05, 3.63) is 27.7 Å². The van der Waals surface area contributed by atoms with Gasteiger partial charge in [0.05, 0.1) is 10.7 Å². The Hall–Kier alpha value is -1.34. The van der Waals surface area contributed by atoms with Crippen molar-refractivity contribution in [1.82, 2.24) is 9.80 Å². The lowest BCUT2D eigenvalue weighted by molar-refractivity contribution is -0.140. The Morgan fingerprint density at radius 1 is 1.16 bits per heavy atom. The Balaban J connectivity index is 1.36. The van der Waals surface area contributed by atoms with Gasteiger partial charge in [-0.3, -0.25) is 14.5 Å². The molecule has 4 rings (SSSR count). The van der Waals surface area contributed by atoms with Gasteiger partial charge < -0.3 is 15.0 Å². The van der Waals surface area contributed by atoms with Gasteiger partial charge >= 0.3 is 0 Å². The van der Waals surface area contributed by atoms with Crippen molar-refractivity contribution in [1.29, 1.82) is 0 Å². The second-order valence-corrected chi connectivity index (χ2v) is 10.3. The van der Waals surface area contributed by atoms with Crippen LogP contribution in [0.4, 0.5) is 5.69 Å². The molecule has 6 nitrogen and oxygen atoms in total. The van der Waals surface area contributed by atoms with Crippen molar-refractivity contribution in [2.24, 2.45) is 11.8 Å². The van der Waals surface area contributed by atoms with E-state index in [-0.39, 0.29) is 23.8 Å². The summed E-state index contributed by atoms with van der Waals surface area (Å²) in [6.07, 6.45) is 5.75. The van der Waals surface area contributed by atoms with Gasteiger partial charge in [-0.25, -0.2) is 0 Å². The third-order valence-corrected chi connectivity index (χ3v) is 7.64. The first-order valence-electron chi connectivity index (χ1n) is 11.8. The van der Waals surface area contributed by atoms with Crippen LogP contribution in [0, 0.1) is 11.8 Å². The van der Waals surface area contributed by atoms with Gasteiger partial charge in [0, 0.05) is 62.8 Å². The number of carbonyl (C=O) groups excluding carboxylic acids is 2. The summed E-state index contributed by atoms with van der Waals surface area (Å²) in [5.41, 5.74) is 1.45. The molecule has 2 aliphatic heterocycles.